The Morgan fingerprint density at radius 1 is 1.43 bits per heavy atom. The van der Waals surface area contributed by atoms with Gasteiger partial charge in [0.15, 0.2) is 0 Å². The summed E-state index contributed by atoms with van der Waals surface area (Å²) in [5.41, 5.74) is 1.21. The van der Waals surface area contributed by atoms with Crippen LogP contribution in [-0.2, 0) is 11.3 Å². The highest BCUT2D eigenvalue weighted by Crippen LogP contribution is 2.33. The third-order valence-corrected chi connectivity index (χ3v) is 4.99. The second-order valence-corrected chi connectivity index (χ2v) is 6.53. The molecule has 1 amide bonds. The lowest BCUT2D eigenvalue weighted by Gasteiger charge is -2.39. The molecular formula is C17H26N2O2. The first-order valence-corrected chi connectivity index (χ1v) is 8.24. The highest BCUT2D eigenvalue weighted by Gasteiger charge is 2.37. The van der Waals surface area contributed by atoms with E-state index in [0.29, 0.717) is 23.8 Å². The number of furan rings is 1. The molecule has 1 saturated heterocycles. The Kier molecular flexibility index (Phi) is 4.34. The monoisotopic (exact) mass is 290 g/mol. The van der Waals surface area contributed by atoms with E-state index in [2.05, 4.69) is 24.1 Å². The van der Waals surface area contributed by atoms with Crippen LogP contribution in [0.2, 0.25) is 0 Å². The van der Waals surface area contributed by atoms with Crippen LogP contribution in [0, 0.1) is 18.8 Å². The van der Waals surface area contributed by atoms with Crippen LogP contribution in [0.5, 0.6) is 0 Å². The van der Waals surface area contributed by atoms with Crippen molar-refractivity contribution in [2.45, 2.75) is 52.1 Å². The highest BCUT2D eigenvalue weighted by molar-refractivity contribution is 5.81. The fraction of sp³-hybridized carbons (Fsp3) is 0.706. The predicted molar refractivity (Wildman–Crippen MR) is 81.8 cm³/mol. The number of piperidine rings is 1. The minimum Gasteiger partial charge on any atom is -0.468 e. The average molecular weight is 290 g/mol. The third-order valence-electron chi connectivity index (χ3n) is 4.99. The van der Waals surface area contributed by atoms with Gasteiger partial charge in [-0.05, 0) is 43.7 Å². The van der Waals surface area contributed by atoms with Crippen molar-refractivity contribution in [2.75, 3.05) is 13.1 Å². The molecule has 0 radical (unpaired) electrons. The zero-order chi connectivity index (χ0) is 14.8. The van der Waals surface area contributed by atoms with Gasteiger partial charge in [0.25, 0.3) is 0 Å². The van der Waals surface area contributed by atoms with E-state index < -0.39 is 0 Å². The smallest absolute Gasteiger partial charge is 0.225 e. The van der Waals surface area contributed by atoms with Crippen LogP contribution < -0.4 is 5.32 Å². The van der Waals surface area contributed by atoms with E-state index in [1.54, 1.807) is 6.26 Å². The van der Waals surface area contributed by atoms with Crippen molar-refractivity contribution in [2.24, 2.45) is 11.8 Å². The molecule has 1 aromatic heterocycles. The van der Waals surface area contributed by atoms with Crippen molar-refractivity contribution in [1.29, 1.82) is 0 Å². The molecule has 0 spiro atoms. The van der Waals surface area contributed by atoms with Gasteiger partial charge < -0.3 is 14.6 Å². The topological polar surface area (TPSA) is 45.5 Å². The number of hydrogen-bond donors (Lipinski definition) is 1. The molecular weight excluding hydrogens is 264 g/mol. The van der Waals surface area contributed by atoms with Crippen molar-refractivity contribution in [3.63, 3.8) is 0 Å². The van der Waals surface area contributed by atoms with E-state index >= 15 is 0 Å². The molecule has 4 heteroatoms. The summed E-state index contributed by atoms with van der Waals surface area (Å²) < 4.78 is 5.50. The highest BCUT2D eigenvalue weighted by atomic mass is 16.3. The molecule has 2 unspecified atom stereocenters. The molecule has 2 fully saturated rings. The van der Waals surface area contributed by atoms with E-state index in [1.165, 1.54) is 5.56 Å². The van der Waals surface area contributed by atoms with Gasteiger partial charge in [0.1, 0.15) is 5.76 Å². The van der Waals surface area contributed by atoms with Gasteiger partial charge in [-0.3, -0.25) is 4.79 Å². The summed E-state index contributed by atoms with van der Waals surface area (Å²) in [6.45, 7) is 6.91. The Balaban J connectivity index is 1.54. The maximum absolute atomic E-state index is 12.2. The minimum atomic E-state index is 0.345. The summed E-state index contributed by atoms with van der Waals surface area (Å²) >= 11 is 0. The van der Waals surface area contributed by atoms with E-state index in [1.807, 2.05) is 6.07 Å². The molecule has 0 aromatic carbocycles. The molecule has 4 nitrogen and oxygen atoms in total. The number of aryl methyl sites for hydroxylation is 1. The third kappa shape index (κ3) is 3.31. The van der Waals surface area contributed by atoms with Crippen molar-refractivity contribution in [3.8, 4) is 0 Å². The lowest BCUT2D eigenvalue weighted by molar-refractivity contribution is -0.134. The molecule has 1 N–H and O–H groups in total. The maximum atomic E-state index is 12.2. The van der Waals surface area contributed by atoms with Crippen molar-refractivity contribution in [1.82, 2.24) is 10.2 Å². The largest absolute Gasteiger partial charge is 0.468 e. The van der Waals surface area contributed by atoms with Gasteiger partial charge in [-0.15, -0.1) is 0 Å². The van der Waals surface area contributed by atoms with Gasteiger partial charge in [0.05, 0.1) is 12.8 Å². The lowest BCUT2D eigenvalue weighted by atomic mass is 9.89. The van der Waals surface area contributed by atoms with E-state index in [4.69, 9.17) is 4.42 Å². The average Bonchev–Trinajstić information content (AvgIpc) is 3.27. The maximum Gasteiger partial charge on any atom is 0.225 e. The molecule has 2 atom stereocenters. The SMILES string of the molecule is CCC1CN(C(=O)C2CC2)CCC1NCc1occc1C. The Morgan fingerprint density at radius 3 is 2.86 bits per heavy atom. The molecule has 1 aliphatic carbocycles. The van der Waals surface area contributed by atoms with Gasteiger partial charge in [-0.25, -0.2) is 0 Å². The Bertz CT molecular complexity index is 493. The van der Waals surface area contributed by atoms with E-state index in [-0.39, 0.29) is 0 Å². The first-order chi connectivity index (χ1) is 10.2. The zero-order valence-electron chi connectivity index (χ0n) is 13.1. The van der Waals surface area contributed by atoms with Gasteiger partial charge in [-0.2, -0.15) is 0 Å². The number of nitrogens with zero attached hydrogens (tertiary/aromatic N) is 1. The summed E-state index contributed by atoms with van der Waals surface area (Å²) in [4.78, 5) is 14.3. The number of amides is 1. The van der Waals surface area contributed by atoms with Crippen LogP contribution in [0.25, 0.3) is 0 Å². The quantitative estimate of drug-likeness (QED) is 0.907. The molecule has 2 heterocycles. The fourth-order valence-electron chi connectivity index (χ4n) is 3.31. The van der Waals surface area contributed by atoms with Gasteiger partial charge in [0.2, 0.25) is 5.91 Å². The van der Waals surface area contributed by atoms with Crippen LogP contribution in [-0.4, -0.2) is 29.9 Å². The molecule has 21 heavy (non-hydrogen) atoms. The minimum absolute atomic E-state index is 0.345. The lowest BCUT2D eigenvalue weighted by Crippen LogP contribution is -2.51. The normalized spacial score (nSPS) is 26.1. The van der Waals surface area contributed by atoms with E-state index in [9.17, 15) is 4.79 Å². The first kappa shape index (κ1) is 14.6. The standard InChI is InChI=1S/C17H26N2O2/c1-3-13-11-19(17(20)14-4-5-14)8-6-15(13)18-10-16-12(2)7-9-21-16/h7,9,13-15,18H,3-6,8,10-11H2,1-2H3. The zero-order valence-corrected chi connectivity index (χ0v) is 13.1. The molecule has 0 bridgehead atoms. The van der Waals surface area contributed by atoms with Gasteiger partial charge in [-0.1, -0.05) is 13.3 Å². The van der Waals surface area contributed by atoms with Crippen LogP contribution >= 0.6 is 0 Å². The summed E-state index contributed by atoms with van der Waals surface area (Å²) in [7, 11) is 0. The van der Waals surface area contributed by atoms with Crippen LogP contribution in [0.3, 0.4) is 0 Å². The first-order valence-electron chi connectivity index (χ1n) is 8.24. The Labute approximate surface area is 126 Å². The van der Waals surface area contributed by atoms with Crippen molar-refractivity contribution < 1.29 is 9.21 Å². The fourth-order valence-corrected chi connectivity index (χ4v) is 3.31. The molecule has 116 valence electrons. The molecule has 1 aromatic rings. The summed E-state index contributed by atoms with van der Waals surface area (Å²) in [6, 6.07) is 2.49. The van der Waals surface area contributed by atoms with Crippen LogP contribution in [0.4, 0.5) is 0 Å². The number of rotatable bonds is 5. The molecule has 2 aliphatic rings. The summed E-state index contributed by atoms with van der Waals surface area (Å²) in [6.07, 6.45) is 6.12. The number of carbonyl (C=O) groups excluding carboxylic acids is 1. The number of likely N-dealkylation sites (tertiary alicyclic amines) is 1. The van der Waals surface area contributed by atoms with Gasteiger partial charge in [0, 0.05) is 25.0 Å². The second-order valence-electron chi connectivity index (χ2n) is 6.53. The molecule has 3 rings (SSSR count). The second kappa shape index (κ2) is 6.22. The van der Waals surface area contributed by atoms with Crippen molar-refractivity contribution in [3.05, 3.63) is 23.7 Å². The number of hydrogen-bond acceptors (Lipinski definition) is 3. The van der Waals surface area contributed by atoms with Crippen LogP contribution in [0.15, 0.2) is 16.7 Å². The number of carbonyl (C=O) groups is 1. The van der Waals surface area contributed by atoms with E-state index in [0.717, 1.165) is 51.1 Å². The summed E-state index contributed by atoms with van der Waals surface area (Å²) in [5, 5.41) is 3.64. The van der Waals surface area contributed by atoms with Crippen molar-refractivity contribution >= 4 is 5.91 Å². The number of nitrogens with one attached hydrogen (secondary N) is 1. The van der Waals surface area contributed by atoms with Crippen LogP contribution in [0.1, 0.15) is 43.9 Å². The molecule has 1 aliphatic heterocycles. The predicted octanol–water partition coefficient (Wildman–Crippen LogP) is 2.71. The molecule has 1 saturated carbocycles. The Morgan fingerprint density at radius 2 is 2.24 bits per heavy atom. The summed E-state index contributed by atoms with van der Waals surface area (Å²) in [5.74, 6) is 2.32. The van der Waals surface area contributed by atoms with Gasteiger partial charge >= 0.3 is 0 Å². The Hall–Kier alpha value is -1.29.